The van der Waals surface area contributed by atoms with Crippen LogP contribution in [0.25, 0.3) is 0 Å². The molecule has 0 aliphatic carbocycles. The van der Waals surface area contributed by atoms with Gasteiger partial charge in [0.2, 0.25) is 3.79 Å². The van der Waals surface area contributed by atoms with Crippen LogP contribution in [0.5, 0.6) is 0 Å². The van der Waals surface area contributed by atoms with Crippen LogP contribution in [0.1, 0.15) is 6.92 Å². The summed E-state index contributed by atoms with van der Waals surface area (Å²) in [7, 11) is -2.42. The molecule has 0 aromatic carbocycles. The number of amides is 1. The van der Waals surface area contributed by atoms with E-state index in [2.05, 4.69) is 0 Å². The van der Waals surface area contributed by atoms with Crippen molar-refractivity contribution in [3.63, 3.8) is 0 Å². The molecule has 1 fully saturated rings. The second-order valence-corrected chi connectivity index (χ2v) is 9.50. The number of esters is 1. The predicted octanol–water partition coefficient (Wildman–Crippen LogP) is 0.786. The Bertz CT molecular complexity index is 653. The highest BCUT2D eigenvalue weighted by Gasteiger charge is 2.60. The minimum Gasteiger partial charge on any atom is -0.456 e. The molecule has 0 bridgehead atoms. The number of alkyl halides is 3. The van der Waals surface area contributed by atoms with Crippen LogP contribution in [0.4, 0.5) is 0 Å². The molecule has 2 heterocycles. The topological polar surface area (TPSA) is 90.0 Å². The Labute approximate surface area is 142 Å². The van der Waals surface area contributed by atoms with Crippen LogP contribution in [0, 0.1) is 0 Å². The summed E-state index contributed by atoms with van der Waals surface area (Å²) < 4.78 is 32.2. The van der Waals surface area contributed by atoms with Gasteiger partial charge in [-0.15, -0.1) is 0 Å². The lowest BCUT2D eigenvalue weighted by molar-refractivity contribution is -0.164. The number of methoxy groups -OCH3 is 1. The van der Waals surface area contributed by atoms with Gasteiger partial charge in [0.05, 0.1) is 5.75 Å². The van der Waals surface area contributed by atoms with Crippen LogP contribution in [0.15, 0.2) is 11.3 Å². The average molecular weight is 393 g/mol. The second kappa shape index (κ2) is 5.83. The molecule has 0 aromatic heterocycles. The summed E-state index contributed by atoms with van der Waals surface area (Å²) in [5, 5.41) is -1.23. The molecule has 22 heavy (non-hydrogen) atoms. The van der Waals surface area contributed by atoms with Crippen molar-refractivity contribution in [1.29, 1.82) is 0 Å². The van der Waals surface area contributed by atoms with E-state index in [0.29, 0.717) is 0 Å². The van der Waals surface area contributed by atoms with Crippen molar-refractivity contribution in [2.75, 3.05) is 19.5 Å². The van der Waals surface area contributed by atoms with E-state index in [1.54, 1.807) is 0 Å². The molecule has 1 amide bonds. The van der Waals surface area contributed by atoms with Crippen LogP contribution in [0.3, 0.4) is 0 Å². The maximum Gasteiger partial charge on any atom is 0.355 e. The van der Waals surface area contributed by atoms with Crippen molar-refractivity contribution in [3.8, 4) is 0 Å². The molecule has 7 nitrogen and oxygen atoms in total. The number of nitrogens with zero attached hydrogens (tertiary/aromatic N) is 1. The standard InChI is InChI=1S/C11H12Cl3NO6S/c1-5-3-22(18,19)9-7(20-2)8(16)15(9)6(5)10(17)21-4-11(12,13)14/h7,9H,3-4H2,1-2H3/t7-,9-/m0/s1. The van der Waals surface area contributed by atoms with Crippen LogP contribution < -0.4 is 0 Å². The lowest BCUT2D eigenvalue weighted by Crippen LogP contribution is -2.70. The molecule has 0 aromatic rings. The summed E-state index contributed by atoms with van der Waals surface area (Å²) in [5.41, 5.74) is 0.0424. The smallest absolute Gasteiger partial charge is 0.355 e. The zero-order chi connectivity index (χ0) is 16.9. The molecule has 124 valence electrons. The molecule has 0 spiro atoms. The Balaban J connectivity index is 2.31. The van der Waals surface area contributed by atoms with E-state index in [1.807, 2.05) is 0 Å². The van der Waals surface area contributed by atoms with Gasteiger partial charge in [-0.2, -0.15) is 0 Å². The fourth-order valence-electron chi connectivity index (χ4n) is 2.39. The summed E-state index contributed by atoms with van der Waals surface area (Å²) in [6.07, 6.45) is -1.13. The fraction of sp³-hybridized carbons (Fsp3) is 0.636. The Morgan fingerprint density at radius 3 is 2.50 bits per heavy atom. The number of halogens is 3. The van der Waals surface area contributed by atoms with Gasteiger partial charge in [0.25, 0.3) is 5.91 Å². The molecule has 1 saturated heterocycles. The first-order valence-corrected chi connectivity index (χ1v) is 8.85. The van der Waals surface area contributed by atoms with E-state index < -0.39 is 43.6 Å². The van der Waals surface area contributed by atoms with Crippen molar-refractivity contribution in [2.24, 2.45) is 0 Å². The number of carbonyl (C=O) groups is 2. The molecule has 2 aliphatic heterocycles. The number of ether oxygens (including phenoxy) is 2. The van der Waals surface area contributed by atoms with Gasteiger partial charge in [-0.25, -0.2) is 13.2 Å². The molecule has 0 saturated carbocycles. The Morgan fingerprint density at radius 2 is 2.00 bits per heavy atom. The summed E-state index contributed by atoms with van der Waals surface area (Å²) in [6.45, 7) is 0.896. The number of fused-ring (bicyclic) bond motifs is 1. The third kappa shape index (κ3) is 3.07. The van der Waals surface area contributed by atoms with Gasteiger partial charge in [-0.3, -0.25) is 9.69 Å². The molecule has 2 atom stereocenters. The minimum absolute atomic E-state index is 0.146. The highest BCUT2D eigenvalue weighted by molar-refractivity contribution is 7.92. The molecule has 2 aliphatic rings. The van der Waals surface area contributed by atoms with Gasteiger partial charge in [0.1, 0.15) is 12.3 Å². The molecular weight excluding hydrogens is 381 g/mol. The zero-order valence-corrected chi connectivity index (χ0v) is 14.6. The summed E-state index contributed by atoms with van der Waals surface area (Å²) in [4.78, 5) is 25.0. The van der Waals surface area contributed by atoms with Gasteiger partial charge in [-0.05, 0) is 12.5 Å². The number of carbonyl (C=O) groups excluding carboxylic acids is 2. The van der Waals surface area contributed by atoms with Gasteiger partial charge < -0.3 is 9.47 Å². The van der Waals surface area contributed by atoms with E-state index in [0.717, 1.165) is 4.90 Å². The van der Waals surface area contributed by atoms with Crippen LogP contribution in [-0.2, 0) is 28.9 Å². The Hall–Kier alpha value is -0.540. The van der Waals surface area contributed by atoms with E-state index in [-0.39, 0.29) is 17.0 Å². The number of β-lactam (4-membered cyclic amide) rings is 1. The number of hydrogen-bond donors (Lipinski definition) is 0. The first kappa shape index (κ1) is 17.8. The van der Waals surface area contributed by atoms with Crippen molar-refractivity contribution in [1.82, 2.24) is 4.90 Å². The normalized spacial score (nSPS) is 27.3. The lowest BCUT2D eigenvalue weighted by Gasteiger charge is -2.48. The maximum absolute atomic E-state index is 12.1. The molecular formula is C11H12Cl3NO6S. The molecule has 11 heteroatoms. The lowest BCUT2D eigenvalue weighted by atomic mass is 10.1. The number of hydrogen-bond acceptors (Lipinski definition) is 6. The maximum atomic E-state index is 12.1. The molecule has 0 N–H and O–H groups in total. The Morgan fingerprint density at radius 1 is 1.41 bits per heavy atom. The van der Waals surface area contributed by atoms with E-state index in [4.69, 9.17) is 44.3 Å². The SMILES string of the molecule is CO[C@H]1C(=O)N2C(C(=O)OCC(Cl)(Cl)Cl)=C(C)CS(=O)(=O)[C@@H]12. The van der Waals surface area contributed by atoms with Crippen molar-refractivity contribution in [2.45, 2.75) is 22.2 Å². The second-order valence-electron chi connectivity index (χ2n) is 4.88. The first-order chi connectivity index (χ1) is 9.99. The van der Waals surface area contributed by atoms with E-state index in [1.165, 1.54) is 14.0 Å². The van der Waals surface area contributed by atoms with Crippen molar-refractivity contribution >= 4 is 56.5 Å². The summed E-state index contributed by atoms with van der Waals surface area (Å²) in [5.74, 6) is -1.93. The third-order valence-corrected chi connectivity index (χ3v) is 5.60. The van der Waals surface area contributed by atoms with Gasteiger partial charge in [0.15, 0.2) is 21.3 Å². The monoisotopic (exact) mass is 391 g/mol. The molecule has 2 rings (SSSR count). The summed E-state index contributed by atoms with van der Waals surface area (Å²) >= 11 is 16.5. The summed E-state index contributed by atoms with van der Waals surface area (Å²) in [6, 6.07) is 0. The van der Waals surface area contributed by atoms with Gasteiger partial charge in [-0.1, -0.05) is 34.8 Å². The van der Waals surface area contributed by atoms with E-state index in [9.17, 15) is 18.0 Å². The minimum atomic E-state index is -3.64. The fourth-order valence-corrected chi connectivity index (χ4v) is 4.60. The quantitative estimate of drug-likeness (QED) is 0.401. The van der Waals surface area contributed by atoms with Gasteiger partial charge in [0, 0.05) is 7.11 Å². The molecule has 0 radical (unpaired) electrons. The number of rotatable bonds is 3. The van der Waals surface area contributed by atoms with Crippen molar-refractivity contribution in [3.05, 3.63) is 11.3 Å². The average Bonchev–Trinajstić information content (AvgIpc) is 2.36. The Kier molecular flexibility index (Phi) is 4.72. The highest BCUT2D eigenvalue weighted by atomic mass is 35.6. The molecule has 0 unspecified atom stereocenters. The van der Waals surface area contributed by atoms with E-state index >= 15 is 0 Å². The van der Waals surface area contributed by atoms with Crippen LogP contribution in [-0.4, -0.2) is 59.9 Å². The van der Waals surface area contributed by atoms with Gasteiger partial charge >= 0.3 is 5.97 Å². The van der Waals surface area contributed by atoms with Crippen LogP contribution >= 0.6 is 34.8 Å². The largest absolute Gasteiger partial charge is 0.456 e. The zero-order valence-electron chi connectivity index (χ0n) is 11.5. The number of sulfone groups is 1. The highest BCUT2D eigenvalue weighted by Crippen LogP contribution is 2.38. The third-order valence-electron chi connectivity index (χ3n) is 3.24. The predicted molar refractivity (Wildman–Crippen MR) is 79.2 cm³/mol. The van der Waals surface area contributed by atoms with Crippen LogP contribution in [0.2, 0.25) is 0 Å². The van der Waals surface area contributed by atoms with Crippen molar-refractivity contribution < 1.29 is 27.5 Å². The first-order valence-electron chi connectivity index (χ1n) is 6.00.